The summed E-state index contributed by atoms with van der Waals surface area (Å²) in [6, 6.07) is 13.6. The van der Waals surface area contributed by atoms with Crippen molar-refractivity contribution in [2.24, 2.45) is 0 Å². The van der Waals surface area contributed by atoms with Crippen LogP contribution in [0.3, 0.4) is 0 Å². The number of thiazole rings is 1. The van der Waals surface area contributed by atoms with Crippen LogP contribution in [-0.4, -0.2) is 51.5 Å². The summed E-state index contributed by atoms with van der Waals surface area (Å²) < 4.78 is 20.1. The monoisotopic (exact) mass is 640 g/mol. The molecule has 1 aliphatic heterocycles. The summed E-state index contributed by atoms with van der Waals surface area (Å²) in [5.41, 5.74) is 3.55. The topological polar surface area (TPSA) is 115 Å². The first kappa shape index (κ1) is 31.1. The van der Waals surface area contributed by atoms with Crippen LogP contribution in [-0.2, 0) is 9.59 Å². The molecule has 10 nitrogen and oxygen atoms in total. The number of rotatable bonds is 11. The summed E-state index contributed by atoms with van der Waals surface area (Å²) in [5, 5.41) is 12.2. The molecule has 2 aromatic carbocycles. The van der Waals surface area contributed by atoms with Crippen molar-refractivity contribution in [3.8, 4) is 17.2 Å². The number of fused-ring (bicyclic) bond motifs is 2. The zero-order chi connectivity index (χ0) is 32.5. The van der Waals surface area contributed by atoms with Gasteiger partial charge in [0.15, 0.2) is 22.4 Å². The third kappa shape index (κ3) is 5.44. The molecule has 1 fully saturated rings. The maximum Gasteiger partial charge on any atom is 0.301 e. The summed E-state index contributed by atoms with van der Waals surface area (Å²) in [4.78, 5) is 38.6. The average Bonchev–Trinajstić information content (AvgIpc) is 3.71. The Labute approximate surface area is 270 Å². The van der Waals surface area contributed by atoms with Gasteiger partial charge in [0, 0.05) is 6.20 Å². The predicted molar refractivity (Wildman–Crippen MR) is 178 cm³/mol. The standard InChI is InChI=1S/C35H36N4O6S/c1-6-8-9-17-45-25-15-12-22(18-26(25)44-7-2)30-28(31(40)29-21(4)38-16-10-11-20(3)33(38)37-29)32(41)34(42)39(30)35-36-24-14-13-23(43-5)19-27(24)46-35/h10-16,18-19,30,40H,6-9,17H2,1-5H3. The number of aliphatic hydroxyl groups excluding tert-OH is 1. The number of ether oxygens (including phenoxy) is 3. The van der Waals surface area contributed by atoms with E-state index >= 15 is 0 Å². The van der Waals surface area contributed by atoms with E-state index in [4.69, 9.17) is 24.2 Å². The molecule has 0 saturated carbocycles. The number of anilines is 1. The van der Waals surface area contributed by atoms with Crippen LogP contribution in [0.15, 0.2) is 60.3 Å². The van der Waals surface area contributed by atoms with Gasteiger partial charge in [0.05, 0.1) is 47.8 Å². The molecule has 238 valence electrons. The van der Waals surface area contributed by atoms with E-state index in [2.05, 4.69) is 6.92 Å². The number of aliphatic hydroxyl groups is 1. The Morgan fingerprint density at radius 3 is 2.57 bits per heavy atom. The number of Topliss-reactive ketones (excluding diaryl/α,β-unsaturated/α-hetero) is 1. The van der Waals surface area contributed by atoms with E-state index in [0.717, 1.165) is 29.5 Å². The lowest BCUT2D eigenvalue weighted by molar-refractivity contribution is -0.132. The van der Waals surface area contributed by atoms with Crippen LogP contribution >= 0.6 is 11.3 Å². The summed E-state index contributed by atoms with van der Waals surface area (Å²) >= 11 is 1.26. The predicted octanol–water partition coefficient (Wildman–Crippen LogP) is 7.16. The molecular formula is C35H36N4O6S. The SMILES string of the molecule is CCCCCOc1ccc(C2C(=C(O)c3nc4c(C)cccn4c3C)C(=O)C(=O)N2c2nc3ccc(OC)cc3s2)cc1OCC. The number of carbonyl (C=O) groups is 2. The van der Waals surface area contributed by atoms with Crippen LogP contribution in [0.5, 0.6) is 17.2 Å². The Hall–Kier alpha value is -4.90. The molecule has 0 bridgehead atoms. The molecule has 11 heteroatoms. The molecule has 5 aromatic rings. The van der Waals surface area contributed by atoms with Crippen LogP contribution in [0.1, 0.15) is 61.7 Å². The number of methoxy groups -OCH3 is 1. The molecule has 1 aliphatic rings. The van der Waals surface area contributed by atoms with Crippen LogP contribution in [0.4, 0.5) is 5.13 Å². The molecule has 0 spiro atoms. The van der Waals surface area contributed by atoms with Crippen LogP contribution in [0.25, 0.3) is 21.6 Å². The van der Waals surface area contributed by atoms with Crippen LogP contribution in [0.2, 0.25) is 0 Å². The molecule has 3 aromatic heterocycles. The van der Waals surface area contributed by atoms with E-state index in [0.29, 0.717) is 58.0 Å². The minimum Gasteiger partial charge on any atom is -0.505 e. The van der Waals surface area contributed by atoms with Gasteiger partial charge in [0.25, 0.3) is 5.78 Å². The third-order valence-electron chi connectivity index (χ3n) is 8.13. The van der Waals surface area contributed by atoms with Gasteiger partial charge in [-0.25, -0.2) is 9.97 Å². The quantitative estimate of drug-likeness (QED) is 0.0700. The fourth-order valence-corrected chi connectivity index (χ4v) is 6.78. The number of amides is 1. The zero-order valence-corrected chi connectivity index (χ0v) is 27.3. The van der Waals surface area contributed by atoms with E-state index in [-0.39, 0.29) is 17.0 Å². The maximum absolute atomic E-state index is 13.9. The molecule has 1 N–H and O–H groups in total. The highest BCUT2D eigenvalue weighted by Crippen LogP contribution is 2.46. The Kier molecular flexibility index (Phi) is 8.68. The number of imidazole rings is 1. The number of pyridine rings is 1. The van der Waals surface area contributed by atoms with Gasteiger partial charge in [0.2, 0.25) is 0 Å². The number of unbranched alkanes of at least 4 members (excludes halogenated alkanes) is 2. The van der Waals surface area contributed by atoms with Gasteiger partial charge in [0.1, 0.15) is 17.1 Å². The second-order valence-corrected chi connectivity index (χ2v) is 12.1. The summed E-state index contributed by atoms with van der Waals surface area (Å²) in [6.07, 6.45) is 4.88. The number of hydrogen-bond acceptors (Lipinski definition) is 9. The van der Waals surface area contributed by atoms with Crippen LogP contribution < -0.4 is 19.1 Å². The number of nitrogens with zero attached hydrogens (tertiary/aromatic N) is 4. The minimum atomic E-state index is -1.01. The molecule has 0 radical (unpaired) electrons. The smallest absolute Gasteiger partial charge is 0.301 e. The highest BCUT2D eigenvalue weighted by molar-refractivity contribution is 7.22. The first-order chi connectivity index (χ1) is 22.3. The van der Waals surface area contributed by atoms with E-state index in [1.54, 1.807) is 37.4 Å². The Morgan fingerprint density at radius 1 is 1.00 bits per heavy atom. The summed E-state index contributed by atoms with van der Waals surface area (Å²) in [5.74, 6) is -0.284. The van der Waals surface area contributed by atoms with E-state index in [1.165, 1.54) is 16.2 Å². The molecular weight excluding hydrogens is 604 g/mol. The molecule has 4 heterocycles. The van der Waals surface area contributed by atoms with Gasteiger partial charge < -0.3 is 23.7 Å². The van der Waals surface area contributed by atoms with Crippen molar-refractivity contribution in [1.29, 1.82) is 0 Å². The van der Waals surface area contributed by atoms with Gasteiger partial charge in [-0.2, -0.15) is 0 Å². The molecule has 1 saturated heterocycles. The lowest BCUT2D eigenvalue weighted by Gasteiger charge is -2.24. The third-order valence-corrected chi connectivity index (χ3v) is 9.15. The second kappa shape index (κ2) is 12.8. The van der Waals surface area contributed by atoms with E-state index < -0.39 is 17.7 Å². The van der Waals surface area contributed by atoms with Gasteiger partial charge >= 0.3 is 5.91 Å². The normalized spacial score (nSPS) is 16.1. The van der Waals surface area contributed by atoms with Crippen molar-refractivity contribution >= 4 is 49.8 Å². The Morgan fingerprint density at radius 2 is 1.83 bits per heavy atom. The van der Waals surface area contributed by atoms with E-state index in [1.807, 2.05) is 49.6 Å². The van der Waals surface area contributed by atoms with Crippen molar-refractivity contribution in [3.63, 3.8) is 0 Å². The number of carbonyl (C=O) groups excluding carboxylic acids is 2. The lowest BCUT2D eigenvalue weighted by Crippen LogP contribution is -2.29. The second-order valence-electron chi connectivity index (χ2n) is 11.1. The number of aryl methyl sites for hydroxylation is 2. The highest BCUT2D eigenvalue weighted by atomic mass is 32.1. The zero-order valence-electron chi connectivity index (χ0n) is 26.5. The largest absolute Gasteiger partial charge is 0.505 e. The van der Waals surface area contributed by atoms with Crippen molar-refractivity contribution in [1.82, 2.24) is 14.4 Å². The molecule has 1 amide bonds. The fraction of sp³-hybridized carbons (Fsp3) is 0.314. The first-order valence-electron chi connectivity index (χ1n) is 15.4. The van der Waals surface area contributed by atoms with Gasteiger partial charge in [-0.15, -0.1) is 0 Å². The Bertz CT molecular complexity index is 1990. The molecule has 1 unspecified atom stereocenters. The number of ketones is 1. The number of hydrogen-bond donors (Lipinski definition) is 1. The van der Waals surface area contributed by atoms with Crippen LogP contribution in [0, 0.1) is 13.8 Å². The van der Waals surface area contributed by atoms with Crippen molar-refractivity contribution in [3.05, 3.63) is 82.8 Å². The highest BCUT2D eigenvalue weighted by Gasteiger charge is 2.49. The maximum atomic E-state index is 13.9. The van der Waals surface area contributed by atoms with Crippen molar-refractivity contribution < 1.29 is 28.9 Å². The Balaban J connectivity index is 1.54. The fourth-order valence-electron chi connectivity index (χ4n) is 5.76. The molecule has 0 aliphatic carbocycles. The van der Waals surface area contributed by atoms with Crippen molar-refractivity contribution in [2.75, 3.05) is 25.2 Å². The molecule has 46 heavy (non-hydrogen) atoms. The lowest BCUT2D eigenvalue weighted by atomic mass is 9.96. The molecule has 1 atom stereocenters. The summed E-state index contributed by atoms with van der Waals surface area (Å²) in [7, 11) is 1.58. The molecule has 6 rings (SSSR count). The minimum absolute atomic E-state index is 0.0786. The van der Waals surface area contributed by atoms with Gasteiger partial charge in [-0.3, -0.25) is 14.5 Å². The van der Waals surface area contributed by atoms with Gasteiger partial charge in [-0.1, -0.05) is 43.2 Å². The van der Waals surface area contributed by atoms with E-state index in [9.17, 15) is 14.7 Å². The number of aromatic nitrogens is 3. The summed E-state index contributed by atoms with van der Waals surface area (Å²) in [6.45, 7) is 8.67. The first-order valence-corrected chi connectivity index (χ1v) is 16.2. The number of benzene rings is 2. The average molecular weight is 641 g/mol. The van der Waals surface area contributed by atoms with Crippen molar-refractivity contribution in [2.45, 2.75) is 53.0 Å². The van der Waals surface area contributed by atoms with Gasteiger partial charge in [-0.05, 0) is 74.7 Å².